The lowest BCUT2D eigenvalue weighted by molar-refractivity contribution is 0.0490. The van der Waals surface area contributed by atoms with E-state index in [0.29, 0.717) is 6.42 Å². The Labute approximate surface area is 118 Å². The number of carbonyl (C=O) groups is 2. The van der Waals surface area contributed by atoms with E-state index in [0.717, 1.165) is 6.07 Å². The molecule has 0 radical (unpaired) electrons. The van der Waals surface area contributed by atoms with E-state index in [2.05, 4.69) is 5.32 Å². The van der Waals surface area contributed by atoms with Crippen LogP contribution in [-0.2, 0) is 4.74 Å². The van der Waals surface area contributed by atoms with E-state index in [1.165, 1.54) is 18.2 Å². The van der Waals surface area contributed by atoms with E-state index in [4.69, 9.17) is 4.74 Å². The Hall–Kier alpha value is -1.91. The minimum absolute atomic E-state index is 0.230. The van der Waals surface area contributed by atoms with E-state index in [-0.39, 0.29) is 11.3 Å². The maximum absolute atomic E-state index is 13.1. The topological polar surface area (TPSA) is 55.4 Å². The smallest absolute Gasteiger partial charge is 0.408 e. The molecule has 1 unspecified atom stereocenters. The van der Waals surface area contributed by atoms with Gasteiger partial charge in [0.15, 0.2) is 5.78 Å². The molecule has 0 fully saturated rings. The zero-order valence-electron chi connectivity index (χ0n) is 12.2. The van der Waals surface area contributed by atoms with Gasteiger partial charge in [-0.2, -0.15) is 0 Å². The summed E-state index contributed by atoms with van der Waals surface area (Å²) < 4.78 is 18.2. The Morgan fingerprint density at radius 1 is 1.35 bits per heavy atom. The van der Waals surface area contributed by atoms with Crippen molar-refractivity contribution in [1.82, 2.24) is 5.32 Å². The molecule has 110 valence electrons. The molecule has 0 spiro atoms. The number of ether oxygens (including phenoxy) is 1. The summed E-state index contributed by atoms with van der Waals surface area (Å²) in [6.45, 7) is 6.98. The predicted molar refractivity (Wildman–Crippen MR) is 74.2 cm³/mol. The lowest BCUT2D eigenvalue weighted by Gasteiger charge is -2.22. The molecule has 1 N–H and O–H groups in total. The van der Waals surface area contributed by atoms with Crippen LogP contribution >= 0.6 is 0 Å². The van der Waals surface area contributed by atoms with E-state index < -0.39 is 23.6 Å². The van der Waals surface area contributed by atoms with E-state index >= 15 is 0 Å². The van der Waals surface area contributed by atoms with Gasteiger partial charge in [-0.05, 0) is 39.3 Å². The van der Waals surface area contributed by atoms with Crippen LogP contribution in [-0.4, -0.2) is 23.5 Å². The zero-order valence-corrected chi connectivity index (χ0v) is 12.2. The van der Waals surface area contributed by atoms with Gasteiger partial charge in [-0.3, -0.25) is 4.79 Å². The fourth-order valence-corrected chi connectivity index (χ4v) is 1.65. The van der Waals surface area contributed by atoms with Crippen molar-refractivity contribution in [3.8, 4) is 0 Å². The highest BCUT2D eigenvalue weighted by atomic mass is 19.1. The maximum Gasteiger partial charge on any atom is 0.408 e. The minimum atomic E-state index is -0.730. The first-order chi connectivity index (χ1) is 9.23. The monoisotopic (exact) mass is 281 g/mol. The van der Waals surface area contributed by atoms with Crippen LogP contribution in [0.15, 0.2) is 24.3 Å². The fourth-order valence-electron chi connectivity index (χ4n) is 1.65. The first kappa shape index (κ1) is 16.1. The Balaban J connectivity index is 2.76. The summed E-state index contributed by atoms with van der Waals surface area (Å²) in [7, 11) is 0. The normalized spacial score (nSPS) is 12.7. The highest BCUT2D eigenvalue weighted by Gasteiger charge is 2.24. The summed E-state index contributed by atoms with van der Waals surface area (Å²) >= 11 is 0. The number of rotatable bonds is 4. The summed E-state index contributed by atoms with van der Waals surface area (Å²) in [6.07, 6.45) is -0.261. The average Bonchev–Trinajstić information content (AvgIpc) is 2.33. The third-order valence-electron chi connectivity index (χ3n) is 2.52. The van der Waals surface area contributed by atoms with Crippen LogP contribution in [0.3, 0.4) is 0 Å². The quantitative estimate of drug-likeness (QED) is 0.861. The van der Waals surface area contributed by atoms with Crippen LogP contribution in [0, 0.1) is 5.82 Å². The maximum atomic E-state index is 13.1. The van der Waals surface area contributed by atoms with Gasteiger partial charge in [-0.25, -0.2) is 9.18 Å². The first-order valence-corrected chi connectivity index (χ1v) is 6.52. The number of hydrogen-bond donors (Lipinski definition) is 1. The van der Waals surface area contributed by atoms with E-state index in [9.17, 15) is 14.0 Å². The van der Waals surface area contributed by atoms with Crippen molar-refractivity contribution >= 4 is 11.9 Å². The van der Waals surface area contributed by atoms with Gasteiger partial charge < -0.3 is 10.1 Å². The first-order valence-electron chi connectivity index (χ1n) is 6.52. The molecule has 1 atom stereocenters. The molecular formula is C15H20FNO3. The Morgan fingerprint density at radius 2 is 2.00 bits per heavy atom. The van der Waals surface area contributed by atoms with Crippen LogP contribution in [0.1, 0.15) is 44.5 Å². The van der Waals surface area contributed by atoms with Crippen LogP contribution in [0.25, 0.3) is 0 Å². The lowest BCUT2D eigenvalue weighted by Crippen LogP contribution is -2.43. The van der Waals surface area contributed by atoms with Gasteiger partial charge in [-0.1, -0.05) is 19.1 Å². The van der Waals surface area contributed by atoms with Gasteiger partial charge in [0.1, 0.15) is 11.4 Å². The zero-order chi connectivity index (χ0) is 15.3. The number of Topliss-reactive ketones (excluding diaryl/α,β-unsaturated/α-hetero) is 1. The minimum Gasteiger partial charge on any atom is -0.444 e. The fraction of sp³-hybridized carbons (Fsp3) is 0.467. The number of amides is 1. The van der Waals surface area contributed by atoms with Gasteiger partial charge in [0.05, 0.1) is 6.04 Å². The van der Waals surface area contributed by atoms with Crippen molar-refractivity contribution in [2.45, 2.75) is 45.8 Å². The number of alkyl carbamates (subject to hydrolysis) is 1. The van der Waals surface area contributed by atoms with Gasteiger partial charge in [-0.15, -0.1) is 0 Å². The summed E-state index contributed by atoms with van der Waals surface area (Å²) in [5, 5.41) is 2.51. The Morgan fingerprint density at radius 3 is 2.50 bits per heavy atom. The average molecular weight is 281 g/mol. The summed E-state index contributed by atoms with van der Waals surface area (Å²) in [4.78, 5) is 23.9. The molecule has 0 bridgehead atoms. The molecule has 0 saturated heterocycles. The number of hydrogen-bond acceptors (Lipinski definition) is 3. The van der Waals surface area contributed by atoms with Gasteiger partial charge in [0.2, 0.25) is 0 Å². The molecular weight excluding hydrogens is 261 g/mol. The molecule has 5 heteroatoms. The molecule has 1 aromatic rings. The summed E-state index contributed by atoms with van der Waals surface area (Å²) in [5.74, 6) is -0.819. The van der Waals surface area contributed by atoms with Crippen LogP contribution in [0.4, 0.5) is 9.18 Å². The lowest BCUT2D eigenvalue weighted by atomic mass is 10.0. The third kappa shape index (κ3) is 4.99. The van der Waals surface area contributed by atoms with Crippen molar-refractivity contribution in [2.75, 3.05) is 0 Å². The Kier molecular flexibility index (Phi) is 5.25. The van der Waals surface area contributed by atoms with Crippen molar-refractivity contribution < 1.29 is 18.7 Å². The van der Waals surface area contributed by atoms with E-state index in [1.54, 1.807) is 27.7 Å². The Bertz CT molecular complexity index is 494. The van der Waals surface area contributed by atoms with E-state index in [1.807, 2.05) is 0 Å². The summed E-state index contributed by atoms with van der Waals surface area (Å²) in [5.41, 5.74) is -0.405. The molecule has 20 heavy (non-hydrogen) atoms. The standard InChI is InChI=1S/C15H20FNO3/c1-5-12(17-14(19)20-15(2,3)4)13(18)10-7-6-8-11(16)9-10/h6-9,12H,5H2,1-4H3,(H,17,19). The second-order valence-electron chi connectivity index (χ2n) is 5.48. The van der Waals surface area contributed by atoms with Crippen molar-refractivity contribution in [3.05, 3.63) is 35.6 Å². The number of carbonyl (C=O) groups excluding carboxylic acids is 2. The molecule has 1 amide bonds. The van der Waals surface area contributed by atoms with Gasteiger partial charge in [0, 0.05) is 5.56 Å². The molecule has 0 heterocycles. The molecule has 0 aliphatic rings. The number of benzene rings is 1. The molecule has 1 rings (SSSR count). The van der Waals surface area contributed by atoms with Crippen molar-refractivity contribution in [2.24, 2.45) is 0 Å². The number of ketones is 1. The second kappa shape index (κ2) is 6.50. The highest BCUT2D eigenvalue weighted by Crippen LogP contribution is 2.11. The molecule has 4 nitrogen and oxygen atoms in total. The second-order valence-corrected chi connectivity index (χ2v) is 5.48. The van der Waals surface area contributed by atoms with Crippen molar-refractivity contribution in [1.29, 1.82) is 0 Å². The molecule has 0 aliphatic carbocycles. The molecule has 0 aliphatic heterocycles. The number of halogens is 1. The highest BCUT2D eigenvalue weighted by molar-refractivity contribution is 6.01. The predicted octanol–water partition coefficient (Wildman–Crippen LogP) is 3.31. The van der Waals surface area contributed by atoms with Crippen LogP contribution in [0.5, 0.6) is 0 Å². The van der Waals surface area contributed by atoms with Crippen molar-refractivity contribution in [3.63, 3.8) is 0 Å². The van der Waals surface area contributed by atoms with Crippen LogP contribution < -0.4 is 5.32 Å². The van der Waals surface area contributed by atoms with Gasteiger partial charge >= 0.3 is 6.09 Å². The molecule has 1 aromatic carbocycles. The van der Waals surface area contributed by atoms with Crippen LogP contribution in [0.2, 0.25) is 0 Å². The molecule has 0 saturated carbocycles. The largest absolute Gasteiger partial charge is 0.444 e. The van der Waals surface area contributed by atoms with Gasteiger partial charge in [0.25, 0.3) is 0 Å². The molecule has 0 aromatic heterocycles. The third-order valence-corrected chi connectivity index (χ3v) is 2.52. The summed E-state index contributed by atoms with van der Waals surface area (Å²) in [6, 6.07) is 4.67. The SMILES string of the molecule is CCC(NC(=O)OC(C)(C)C)C(=O)c1cccc(F)c1. The number of nitrogens with one attached hydrogen (secondary N) is 1.